The monoisotopic (exact) mass is 315 g/mol. The van der Waals surface area contributed by atoms with Crippen molar-refractivity contribution in [3.05, 3.63) is 23.9 Å². The van der Waals surface area contributed by atoms with Gasteiger partial charge in [0.1, 0.15) is 11.6 Å². The molecule has 0 aromatic carbocycles. The molecule has 0 aliphatic carbocycles. The van der Waals surface area contributed by atoms with Gasteiger partial charge in [-0.1, -0.05) is 6.92 Å². The van der Waals surface area contributed by atoms with Crippen molar-refractivity contribution in [2.24, 2.45) is 0 Å². The van der Waals surface area contributed by atoms with Gasteiger partial charge in [0.25, 0.3) is 16.0 Å². The number of allylic oxidation sites excluding steroid dienone is 2. The predicted octanol–water partition coefficient (Wildman–Crippen LogP) is 0.686. The lowest BCUT2D eigenvalue weighted by Crippen LogP contribution is -2.29. The molecule has 0 aromatic rings. The van der Waals surface area contributed by atoms with E-state index in [9.17, 15) is 13.2 Å². The Labute approximate surface area is 125 Å². The fourth-order valence-corrected chi connectivity index (χ4v) is 1.80. The molecule has 0 bridgehead atoms. The highest BCUT2D eigenvalue weighted by Crippen LogP contribution is 1.97. The first-order valence-electron chi connectivity index (χ1n) is 6.60. The lowest BCUT2D eigenvalue weighted by Gasteiger charge is -2.16. The second kappa shape index (κ2) is 9.96. The maximum Gasteiger partial charge on any atom is 0.266 e. The summed E-state index contributed by atoms with van der Waals surface area (Å²) >= 11 is 0. The predicted molar refractivity (Wildman–Crippen MR) is 79.8 cm³/mol. The number of hydrogen-bond donors (Lipinski definition) is 2. The van der Waals surface area contributed by atoms with Crippen LogP contribution in [0, 0.1) is 11.3 Å². The van der Waals surface area contributed by atoms with Gasteiger partial charge in [0, 0.05) is 19.6 Å². The van der Waals surface area contributed by atoms with E-state index in [4.69, 9.17) is 9.81 Å². The zero-order valence-corrected chi connectivity index (χ0v) is 13.1. The third-order valence-electron chi connectivity index (χ3n) is 2.49. The number of carbonyl (C=O) groups is 1. The first-order chi connectivity index (χ1) is 9.84. The van der Waals surface area contributed by atoms with E-state index in [2.05, 4.69) is 12.2 Å². The Morgan fingerprint density at radius 2 is 2.10 bits per heavy atom. The van der Waals surface area contributed by atoms with Gasteiger partial charge in [-0.05, 0) is 31.7 Å². The molecular formula is C13H21N3O4S. The third-order valence-corrected chi connectivity index (χ3v) is 3.21. The van der Waals surface area contributed by atoms with Crippen molar-refractivity contribution in [3.8, 4) is 6.07 Å². The minimum Gasteiger partial charge on any atom is -0.378 e. The average molecular weight is 315 g/mol. The summed E-state index contributed by atoms with van der Waals surface area (Å²) in [5.41, 5.74) is -0.130. The highest BCUT2D eigenvalue weighted by atomic mass is 32.2. The van der Waals surface area contributed by atoms with Crippen molar-refractivity contribution in [1.82, 2.24) is 10.2 Å². The highest BCUT2D eigenvalue weighted by molar-refractivity contribution is 7.85. The number of nitrogens with one attached hydrogen (secondary N) is 1. The van der Waals surface area contributed by atoms with Gasteiger partial charge in [-0.2, -0.15) is 13.7 Å². The fraction of sp³-hybridized carbons (Fsp3) is 0.538. The van der Waals surface area contributed by atoms with Crippen molar-refractivity contribution < 1.29 is 17.8 Å². The Bertz CT molecular complexity index is 532. The van der Waals surface area contributed by atoms with Gasteiger partial charge < -0.3 is 10.2 Å². The molecule has 0 aliphatic rings. The number of hydrogen-bond acceptors (Lipinski definition) is 5. The molecule has 2 N–H and O–H groups in total. The third kappa shape index (κ3) is 9.65. The average Bonchev–Trinajstić information content (AvgIpc) is 2.40. The van der Waals surface area contributed by atoms with E-state index in [0.717, 1.165) is 19.5 Å². The zero-order chi connectivity index (χ0) is 16.3. The molecule has 0 aromatic heterocycles. The van der Waals surface area contributed by atoms with Crippen molar-refractivity contribution in [1.29, 1.82) is 5.26 Å². The molecule has 8 heteroatoms. The summed E-state index contributed by atoms with van der Waals surface area (Å²) < 4.78 is 29.5. The summed E-state index contributed by atoms with van der Waals surface area (Å²) in [4.78, 5) is 13.6. The standard InChI is InChI=1S/C13H21N3O4S/c1-3-8-16(4-2)9-5-6-12(11-14)13(17)15-7-10-21(18,19)20/h5-6,9H,3-4,7-8,10H2,1-2H3,(H,15,17)(H,18,19,20)/b9-5+,12-6+. The molecule has 0 rings (SSSR count). The summed E-state index contributed by atoms with van der Waals surface area (Å²) in [6, 6.07) is 1.74. The van der Waals surface area contributed by atoms with Crippen molar-refractivity contribution >= 4 is 16.0 Å². The van der Waals surface area contributed by atoms with Gasteiger partial charge in [0.15, 0.2) is 0 Å². The quantitative estimate of drug-likeness (QED) is 0.280. The Morgan fingerprint density at radius 1 is 1.43 bits per heavy atom. The highest BCUT2D eigenvalue weighted by Gasteiger charge is 2.09. The summed E-state index contributed by atoms with van der Waals surface area (Å²) in [5, 5.41) is 11.1. The van der Waals surface area contributed by atoms with Crippen molar-refractivity contribution in [2.75, 3.05) is 25.4 Å². The van der Waals surface area contributed by atoms with Crippen LogP contribution in [0.1, 0.15) is 20.3 Å². The topological polar surface area (TPSA) is 111 Å². The second-order valence-corrected chi connectivity index (χ2v) is 5.78. The molecule has 0 spiro atoms. The number of amides is 1. The van der Waals surface area contributed by atoms with Crippen LogP contribution in [0.25, 0.3) is 0 Å². The Hall–Kier alpha value is -1.85. The van der Waals surface area contributed by atoms with Crippen LogP contribution in [-0.4, -0.2) is 49.2 Å². The van der Waals surface area contributed by atoms with Crippen LogP contribution < -0.4 is 5.32 Å². The Morgan fingerprint density at radius 3 is 2.57 bits per heavy atom. The summed E-state index contributed by atoms with van der Waals surface area (Å²) in [6.07, 6.45) is 5.73. The van der Waals surface area contributed by atoms with Crippen LogP contribution in [-0.2, 0) is 14.9 Å². The van der Waals surface area contributed by atoms with Crippen LogP contribution in [0.3, 0.4) is 0 Å². The lowest BCUT2D eigenvalue weighted by atomic mass is 10.2. The van der Waals surface area contributed by atoms with Gasteiger partial charge in [0.2, 0.25) is 0 Å². The molecular weight excluding hydrogens is 294 g/mol. The van der Waals surface area contributed by atoms with Gasteiger partial charge in [-0.3, -0.25) is 9.35 Å². The number of nitrogens with zero attached hydrogens (tertiary/aromatic N) is 2. The Balaban J connectivity index is 4.55. The summed E-state index contributed by atoms with van der Waals surface area (Å²) in [6.45, 7) is 5.49. The smallest absolute Gasteiger partial charge is 0.266 e. The summed E-state index contributed by atoms with van der Waals surface area (Å²) in [5.74, 6) is -1.27. The molecule has 118 valence electrons. The van der Waals surface area contributed by atoms with Crippen molar-refractivity contribution in [3.63, 3.8) is 0 Å². The number of nitriles is 1. The largest absolute Gasteiger partial charge is 0.378 e. The maximum absolute atomic E-state index is 11.6. The van der Waals surface area contributed by atoms with E-state index in [1.165, 1.54) is 6.08 Å². The van der Waals surface area contributed by atoms with E-state index >= 15 is 0 Å². The molecule has 1 amide bonds. The number of rotatable bonds is 9. The molecule has 0 atom stereocenters. The van der Waals surface area contributed by atoms with Crippen LogP contribution in [0.4, 0.5) is 0 Å². The first kappa shape index (κ1) is 19.1. The van der Waals surface area contributed by atoms with Gasteiger partial charge in [0.05, 0.1) is 5.75 Å². The number of carbonyl (C=O) groups excluding carboxylic acids is 1. The molecule has 0 radical (unpaired) electrons. The van der Waals surface area contributed by atoms with Crippen LogP contribution in [0.5, 0.6) is 0 Å². The van der Waals surface area contributed by atoms with Crippen molar-refractivity contribution in [2.45, 2.75) is 20.3 Å². The maximum atomic E-state index is 11.6. The van der Waals surface area contributed by atoms with E-state index in [1.54, 1.807) is 18.3 Å². The fourth-order valence-electron chi connectivity index (χ4n) is 1.44. The minimum absolute atomic E-state index is 0.130. The second-order valence-electron chi connectivity index (χ2n) is 4.20. The van der Waals surface area contributed by atoms with Crippen LogP contribution >= 0.6 is 0 Å². The Kier molecular flexibility index (Phi) is 9.08. The van der Waals surface area contributed by atoms with E-state index in [-0.39, 0.29) is 12.1 Å². The van der Waals surface area contributed by atoms with Gasteiger partial charge in [-0.25, -0.2) is 0 Å². The minimum atomic E-state index is -4.13. The van der Waals surface area contributed by atoms with E-state index in [0.29, 0.717) is 0 Å². The normalized spacial score (nSPS) is 12.2. The van der Waals surface area contributed by atoms with Gasteiger partial charge >= 0.3 is 0 Å². The molecule has 21 heavy (non-hydrogen) atoms. The summed E-state index contributed by atoms with van der Waals surface area (Å²) in [7, 11) is -4.13. The molecule has 7 nitrogen and oxygen atoms in total. The molecule has 0 heterocycles. The van der Waals surface area contributed by atoms with E-state index < -0.39 is 21.8 Å². The molecule has 0 saturated heterocycles. The SMILES string of the molecule is CCCN(/C=C/C=C(\C#N)C(=O)NCCS(=O)(=O)O)CC. The molecule has 0 unspecified atom stereocenters. The van der Waals surface area contributed by atoms with E-state index in [1.807, 2.05) is 11.8 Å². The first-order valence-corrected chi connectivity index (χ1v) is 8.21. The van der Waals surface area contributed by atoms with Crippen LogP contribution in [0.2, 0.25) is 0 Å². The van der Waals surface area contributed by atoms with Crippen LogP contribution in [0.15, 0.2) is 23.9 Å². The van der Waals surface area contributed by atoms with Gasteiger partial charge in [-0.15, -0.1) is 0 Å². The molecule has 0 aliphatic heterocycles. The molecule has 0 fully saturated rings. The molecule has 0 saturated carbocycles. The lowest BCUT2D eigenvalue weighted by molar-refractivity contribution is -0.117. The zero-order valence-electron chi connectivity index (χ0n) is 12.2.